The standard InChI is InChI=1S/C19H19N3.CH5N.CH3N/c1-13-8-11-16-15-6-2-3-7-17(15)21-19(16)18(13)22-20-12-4-5-14-9-10-14;2*1-2/h2-4,6-12,14,20-22H,5H2,1H3;2H2,1H3;2H,1H2/b12-4+;;. The van der Waals surface area contributed by atoms with E-state index in [4.69, 9.17) is 5.41 Å². The summed E-state index contributed by atoms with van der Waals surface area (Å²) in [5, 5.41) is 8.01. The Bertz CT molecular complexity index is 901. The van der Waals surface area contributed by atoms with Crippen LogP contribution in [0.5, 0.6) is 0 Å². The van der Waals surface area contributed by atoms with Crippen LogP contribution in [0.1, 0.15) is 12.0 Å². The number of hydrogen-bond donors (Lipinski definition) is 5. The fraction of sp³-hybridized carbons (Fsp3) is 0.190. The van der Waals surface area contributed by atoms with Gasteiger partial charge in [0, 0.05) is 22.5 Å². The molecule has 5 heteroatoms. The number of hydrogen-bond acceptors (Lipinski definition) is 4. The number of hydrazine groups is 1. The van der Waals surface area contributed by atoms with Crippen LogP contribution in [0.4, 0.5) is 5.69 Å². The van der Waals surface area contributed by atoms with Gasteiger partial charge in [-0.15, -0.1) is 0 Å². The number of H-pyrrole nitrogens is 1. The lowest BCUT2D eigenvalue weighted by Gasteiger charge is -2.10. The Labute approximate surface area is 154 Å². The highest BCUT2D eigenvalue weighted by atomic mass is 15.3. The summed E-state index contributed by atoms with van der Waals surface area (Å²) in [7, 11) is 1.50. The molecule has 2 aromatic carbocycles. The molecule has 0 radical (unpaired) electrons. The monoisotopic (exact) mass is 349 g/mol. The number of fused-ring (bicyclic) bond motifs is 3. The third-order valence-electron chi connectivity index (χ3n) is 4.16. The van der Waals surface area contributed by atoms with Crippen molar-refractivity contribution in [2.75, 3.05) is 12.5 Å². The van der Waals surface area contributed by atoms with Crippen LogP contribution in [0.15, 0.2) is 60.8 Å². The lowest BCUT2D eigenvalue weighted by Crippen LogP contribution is -2.15. The minimum atomic E-state index is 0.678. The van der Waals surface area contributed by atoms with E-state index in [9.17, 15) is 0 Å². The summed E-state index contributed by atoms with van der Waals surface area (Å²) in [6, 6.07) is 12.8. The van der Waals surface area contributed by atoms with Crippen molar-refractivity contribution in [3.05, 3.63) is 66.4 Å². The molecule has 0 aliphatic heterocycles. The highest BCUT2D eigenvalue weighted by molar-refractivity contribution is 6.11. The summed E-state index contributed by atoms with van der Waals surface area (Å²) < 4.78 is 0. The average molecular weight is 349 g/mol. The molecule has 0 bridgehead atoms. The Balaban J connectivity index is 0.000000570. The molecule has 1 aliphatic carbocycles. The quantitative estimate of drug-likeness (QED) is 0.267. The van der Waals surface area contributed by atoms with E-state index in [2.05, 4.69) is 89.8 Å². The van der Waals surface area contributed by atoms with Crippen molar-refractivity contribution in [3.63, 3.8) is 0 Å². The Hall–Kier alpha value is -3.05. The van der Waals surface area contributed by atoms with Crippen molar-refractivity contribution in [1.29, 1.82) is 5.41 Å². The first kappa shape index (κ1) is 19.3. The van der Waals surface area contributed by atoms with Crippen molar-refractivity contribution in [2.24, 2.45) is 11.7 Å². The van der Waals surface area contributed by atoms with Gasteiger partial charge in [0.25, 0.3) is 0 Å². The minimum Gasteiger partial charge on any atom is -0.353 e. The molecular formula is C21H27N5. The number of aryl methyl sites for hydroxylation is 1. The third-order valence-corrected chi connectivity index (χ3v) is 4.16. The molecule has 0 atom stereocenters. The second-order valence-electron chi connectivity index (χ2n) is 5.81. The molecule has 1 heterocycles. The number of nitrogens with one attached hydrogen (secondary N) is 4. The van der Waals surface area contributed by atoms with E-state index in [-0.39, 0.29) is 0 Å². The average Bonchev–Trinajstić information content (AvgIpc) is 3.45. The van der Waals surface area contributed by atoms with Gasteiger partial charge in [0.2, 0.25) is 0 Å². The van der Waals surface area contributed by atoms with Gasteiger partial charge < -0.3 is 21.6 Å². The molecule has 136 valence electrons. The molecule has 0 saturated carbocycles. The normalized spacial score (nSPS) is 12.4. The number of nitrogens with two attached hydrogens (primary N) is 1. The molecule has 4 rings (SSSR count). The lowest BCUT2D eigenvalue weighted by atomic mass is 10.1. The topological polar surface area (TPSA) is 89.7 Å². The zero-order valence-corrected chi connectivity index (χ0v) is 15.3. The van der Waals surface area contributed by atoms with Crippen LogP contribution in [-0.2, 0) is 0 Å². The van der Waals surface area contributed by atoms with Crippen molar-refractivity contribution >= 4 is 34.2 Å². The highest BCUT2D eigenvalue weighted by Gasteiger charge is 2.10. The lowest BCUT2D eigenvalue weighted by molar-refractivity contribution is 0.924. The van der Waals surface area contributed by atoms with Crippen LogP contribution in [-0.4, -0.2) is 18.7 Å². The summed E-state index contributed by atoms with van der Waals surface area (Å²) in [6.07, 6.45) is 9.63. The van der Waals surface area contributed by atoms with E-state index in [1.807, 2.05) is 6.20 Å². The number of rotatable bonds is 5. The minimum absolute atomic E-state index is 0.678. The van der Waals surface area contributed by atoms with Gasteiger partial charge in [-0.1, -0.05) is 48.6 Å². The first-order valence-electron chi connectivity index (χ1n) is 8.61. The van der Waals surface area contributed by atoms with Gasteiger partial charge >= 0.3 is 0 Å². The van der Waals surface area contributed by atoms with Crippen molar-refractivity contribution < 1.29 is 0 Å². The van der Waals surface area contributed by atoms with Crippen molar-refractivity contribution in [3.8, 4) is 0 Å². The fourth-order valence-electron chi connectivity index (χ4n) is 2.82. The van der Waals surface area contributed by atoms with Gasteiger partial charge in [-0.2, -0.15) is 0 Å². The van der Waals surface area contributed by atoms with Crippen LogP contribution in [0.2, 0.25) is 0 Å². The Morgan fingerprint density at radius 2 is 1.85 bits per heavy atom. The zero-order valence-electron chi connectivity index (χ0n) is 15.3. The first-order chi connectivity index (χ1) is 12.8. The molecule has 1 aromatic heterocycles. The largest absolute Gasteiger partial charge is 0.353 e. The molecule has 6 N–H and O–H groups in total. The molecule has 5 nitrogen and oxygen atoms in total. The fourth-order valence-corrected chi connectivity index (χ4v) is 2.82. The summed E-state index contributed by atoms with van der Waals surface area (Å²) in [4.78, 5) is 3.52. The zero-order chi connectivity index (χ0) is 18.9. The van der Waals surface area contributed by atoms with E-state index >= 15 is 0 Å². The van der Waals surface area contributed by atoms with Crippen LogP contribution >= 0.6 is 0 Å². The SMILES string of the molecule is C=N.CN.Cc1ccc2c([nH]c3ccccc32)c1NN/C=C/CC1C=C1. The molecule has 3 aromatic rings. The van der Waals surface area contributed by atoms with Crippen molar-refractivity contribution in [2.45, 2.75) is 13.3 Å². The maximum atomic E-state index is 5.50. The molecule has 0 fully saturated rings. The van der Waals surface area contributed by atoms with Gasteiger partial charge in [-0.25, -0.2) is 0 Å². The summed E-state index contributed by atoms with van der Waals surface area (Å²) >= 11 is 0. The van der Waals surface area contributed by atoms with Gasteiger partial charge in [0.1, 0.15) is 0 Å². The van der Waals surface area contributed by atoms with E-state index in [0.717, 1.165) is 17.6 Å². The second kappa shape index (κ2) is 9.44. The predicted molar refractivity (Wildman–Crippen MR) is 114 cm³/mol. The molecule has 0 amide bonds. The Morgan fingerprint density at radius 3 is 2.58 bits per heavy atom. The molecule has 26 heavy (non-hydrogen) atoms. The van der Waals surface area contributed by atoms with E-state index in [1.54, 1.807) is 0 Å². The summed E-state index contributed by atoms with van der Waals surface area (Å²) in [5.41, 5.74) is 15.6. The Morgan fingerprint density at radius 1 is 1.12 bits per heavy atom. The van der Waals surface area contributed by atoms with Crippen molar-refractivity contribution in [1.82, 2.24) is 10.4 Å². The van der Waals surface area contributed by atoms with Gasteiger partial charge in [0.15, 0.2) is 0 Å². The maximum Gasteiger partial charge on any atom is 0.0810 e. The summed E-state index contributed by atoms with van der Waals surface area (Å²) in [6.45, 7) is 4.62. The highest BCUT2D eigenvalue weighted by Crippen LogP contribution is 2.32. The molecular weight excluding hydrogens is 322 g/mol. The van der Waals surface area contributed by atoms with E-state index in [1.165, 1.54) is 28.9 Å². The van der Waals surface area contributed by atoms with Gasteiger partial charge in [0.05, 0.1) is 11.2 Å². The van der Waals surface area contributed by atoms with Crippen LogP contribution < -0.4 is 16.6 Å². The summed E-state index contributed by atoms with van der Waals surface area (Å²) in [5.74, 6) is 0.678. The number of allylic oxidation sites excluding steroid dienone is 3. The molecule has 0 unspecified atom stereocenters. The smallest absolute Gasteiger partial charge is 0.0810 e. The predicted octanol–water partition coefficient (Wildman–Crippen LogP) is 4.48. The van der Waals surface area contributed by atoms with Gasteiger partial charge in [-0.3, -0.25) is 5.43 Å². The number of anilines is 1. The number of benzene rings is 2. The number of aromatic amines is 1. The molecule has 0 saturated heterocycles. The van der Waals surface area contributed by atoms with Crippen LogP contribution in [0.25, 0.3) is 21.8 Å². The third kappa shape index (κ3) is 4.32. The van der Waals surface area contributed by atoms with Crippen LogP contribution in [0, 0.1) is 18.3 Å². The Kier molecular flexibility index (Phi) is 7.00. The molecule has 1 aliphatic rings. The van der Waals surface area contributed by atoms with Gasteiger partial charge in [-0.05, 0) is 44.7 Å². The van der Waals surface area contributed by atoms with E-state index in [0.29, 0.717) is 5.92 Å². The second-order valence-corrected chi connectivity index (χ2v) is 5.81. The van der Waals surface area contributed by atoms with E-state index < -0.39 is 0 Å². The first-order valence-corrected chi connectivity index (χ1v) is 8.61. The van der Waals surface area contributed by atoms with Crippen LogP contribution in [0.3, 0.4) is 0 Å². The number of para-hydroxylation sites is 1. The maximum absolute atomic E-state index is 5.50. The molecule has 0 spiro atoms. The number of aromatic nitrogens is 1.